The molecule has 0 amide bonds. The Kier molecular flexibility index (Phi) is 3.17. The van der Waals surface area contributed by atoms with E-state index in [1.807, 2.05) is 18.5 Å². The predicted molar refractivity (Wildman–Crippen MR) is 79.0 cm³/mol. The lowest BCUT2D eigenvalue weighted by Gasteiger charge is -2.43. The number of nitrogens with zero attached hydrogens (tertiary/aromatic N) is 1. The van der Waals surface area contributed by atoms with E-state index in [1.165, 1.54) is 24.8 Å². The van der Waals surface area contributed by atoms with E-state index in [2.05, 4.69) is 37.1 Å². The van der Waals surface area contributed by atoms with Gasteiger partial charge in [0, 0.05) is 18.4 Å². The zero-order chi connectivity index (χ0) is 13.5. The van der Waals surface area contributed by atoms with Gasteiger partial charge in [0.25, 0.3) is 0 Å². The predicted octanol–water partition coefficient (Wildman–Crippen LogP) is 3.43. The Labute approximate surface area is 117 Å². The van der Waals surface area contributed by atoms with Crippen LogP contribution in [0.4, 0.5) is 0 Å². The summed E-state index contributed by atoms with van der Waals surface area (Å²) in [6.45, 7) is 8.49. The molecular weight excluding hydrogens is 232 g/mol. The summed E-state index contributed by atoms with van der Waals surface area (Å²) in [5.74, 6) is 0.924. The first-order valence-electron chi connectivity index (χ1n) is 7.65. The average molecular weight is 258 g/mol. The monoisotopic (exact) mass is 258 g/mol. The van der Waals surface area contributed by atoms with Crippen molar-refractivity contribution in [3.8, 4) is 0 Å². The summed E-state index contributed by atoms with van der Waals surface area (Å²) in [6, 6.07) is 4.87. The van der Waals surface area contributed by atoms with Gasteiger partial charge in [0.2, 0.25) is 0 Å². The molecule has 2 nitrogen and oxygen atoms in total. The molecule has 0 aromatic carbocycles. The molecule has 3 unspecified atom stereocenters. The zero-order valence-electron chi connectivity index (χ0n) is 12.4. The lowest BCUT2D eigenvalue weighted by molar-refractivity contribution is 0.110. The van der Waals surface area contributed by atoms with E-state index >= 15 is 0 Å². The van der Waals surface area contributed by atoms with Crippen molar-refractivity contribution in [3.63, 3.8) is 0 Å². The smallest absolute Gasteiger partial charge is 0.0300 e. The van der Waals surface area contributed by atoms with Gasteiger partial charge in [-0.15, -0.1) is 0 Å². The Balaban J connectivity index is 1.61. The van der Waals surface area contributed by atoms with Crippen LogP contribution in [0.3, 0.4) is 0 Å². The third-order valence-corrected chi connectivity index (χ3v) is 5.75. The summed E-state index contributed by atoms with van der Waals surface area (Å²) in [5.41, 5.74) is 2.33. The van der Waals surface area contributed by atoms with Crippen molar-refractivity contribution in [3.05, 3.63) is 30.1 Å². The minimum atomic E-state index is 0.460. The second-order valence-corrected chi connectivity index (χ2v) is 7.41. The molecule has 0 saturated heterocycles. The molecule has 1 aromatic heterocycles. The molecule has 2 saturated carbocycles. The minimum Gasteiger partial charge on any atom is -0.313 e. The summed E-state index contributed by atoms with van der Waals surface area (Å²) in [7, 11) is 0. The van der Waals surface area contributed by atoms with Gasteiger partial charge in [0.15, 0.2) is 0 Å². The normalized spacial score (nSPS) is 35.7. The first kappa shape index (κ1) is 13.1. The highest BCUT2D eigenvalue weighted by Gasteiger charge is 2.58. The second-order valence-electron chi connectivity index (χ2n) is 7.41. The van der Waals surface area contributed by atoms with Crippen LogP contribution >= 0.6 is 0 Å². The third kappa shape index (κ3) is 2.20. The Hall–Kier alpha value is -0.890. The maximum absolute atomic E-state index is 4.19. The van der Waals surface area contributed by atoms with E-state index in [0.717, 1.165) is 18.9 Å². The van der Waals surface area contributed by atoms with Crippen LogP contribution in [0.2, 0.25) is 0 Å². The van der Waals surface area contributed by atoms with Crippen LogP contribution < -0.4 is 5.32 Å². The number of hydrogen-bond acceptors (Lipinski definition) is 2. The van der Waals surface area contributed by atoms with E-state index in [1.54, 1.807) is 0 Å². The van der Waals surface area contributed by atoms with Crippen molar-refractivity contribution >= 4 is 0 Å². The first-order valence-corrected chi connectivity index (χ1v) is 7.65. The molecule has 3 rings (SSSR count). The fraction of sp³-hybridized carbons (Fsp3) is 0.706. The molecule has 2 aliphatic carbocycles. The highest BCUT2D eigenvalue weighted by atomic mass is 15.0. The summed E-state index contributed by atoms with van der Waals surface area (Å²) >= 11 is 0. The lowest BCUT2D eigenvalue weighted by Crippen LogP contribution is -2.50. The third-order valence-electron chi connectivity index (χ3n) is 5.75. The van der Waals surface area contributed by atoms with E-state index in [4.69, 9.17) is 0 Å². The van der Waals surface area contributed by atoms with Gasteiger partial charge >= 0.3 is 0 Å². The molecule has 2 fully saturated rings. The molecule has 104 valence electrons. The van der Waals surface area contributed by atoms with Crippen LogP contribution in [0.25, 0.3) is 0 Å². The van der Waals surface area contributed by atoms with Crippen molar-refractivity contribution in [2.24, 2.45) is 16.7 Å². The molecule has 3 atom stereocenters. The van der Waals surface area contributed by atoms with Crippen LogP contribution in [0, 0.1) is 16.7 Å². The lowest BCUT2D eigenvalue weighted by atomic mass is 9.68. The van der Waals surface area contributed by atoms with Crippen LogP contribution in [0.1, 0.15) is 45.6 Å². The molecule has 19 heavy (non-hydrogen) atoms. The summed E-state index contributed by atoms with van der Waals surface area (Å²) in [5, 5.41) is 3.86. The fourth-order valence-corrected chi connectivity index (χ4v) is 4.72. The Bertz CT molecular complexity index is 435. The van der Waals surface area contributed by atoms with E-state index in [9.17, 15) is 0 Å². The number of aromatic nitrogens is 1. The summed E-state index contributed by atoms with van der Waals surface area (Å²) in [4.78, 5) is 4.19. The van der Waals surface area contributed by atoms with E-state index in [-0.39, 0.29) is 0 Å². The zero-order valence-corrected chi connectivity index (χ0v) is 12.4. The van der Waals surface area contributed by atoms with Gasteiger partial charge in [-0.3, -0.25) is 4.98 Å². The van der Waals surface area contributed by atoms with E-state index < -0.39 is 0 Å². The minimum absolute atomic E-state index is 0.460. The fourth-order valence-electron chi connectivity index (χ4n) is 4.72. The Morgan fingerprint density at radius 2 is 2.21 bits per heavy atom. The molecule has 0 spiro atoms. The van der Waals surface area contributed by atoms with Crippen LogP contribution in [-0.4, -0.2) is 17.6 Å². The number of pyridine rings is 1. The topological polar surface area (TPSA) is 24.9 Å². The summed E-state index contributed by atoms with van der Waals surface area (Å²) < 4.78 is 0. The van der Waals surface area contributed by atoms with Crippen LogP contribution in [-0.2, 0) is 6.42 Å². The highest BCUT2D eigenvalue weighted by Crippen LogP contribution is 2.62. The number of fused-ring (bicyclic) bond motifs is 2. The Morgan fingerprint density at radius 1 is 1.37 bits per heavy atom. The van der Waals surface area contributed by atoms with Gasteiger partial charge in [-0.25, -0.2) is 0 Å². The molecular formula is C17H26N2. The first-order chi connectivity index (χ1) is 9.02. The van der Waals surface area contributed by atoms with Gasteiger partial charge < -0.3 is 5.32 Å². The van der Waals surface area contributed by atoms with Crippen molar-refractivity contribution in [2.45, 2.75) is 52.5 Å². The number of nitrogens with one attached hydrogen (secondary N) is 1. The van der Waals surface area contributed by atoms with Crippen molar-refractivity contribution in [2.75, 3.05) is 6.54 Å². The SMILES string of the molecule is CC12CCC(C1)C(C)(C)C2NCCc1cccnc1. The quantitative estimate of drug-likeness (QED) is 0.895. The van der Waals surface area contributed by atoms with Crippen LogP contribution in [0.15, 0.2) is 24.5 Å². The largest absolute Gasteiger partial charge is 0.313 e. The summed E-state index contributed by atoms with van der Waals surface area (Å²) in [6.07, 6.45) is 9.17. The average Bonchev–Trinajstić information content (AvgIpc) is 2.86. The molecule has 2 aliphatic rings. The number of rotatable bonds is 4. The van der Waals surface area contributed by atoms with Gasteiger partial charge in [-0.2, -0.15) is 0 Å². The second kappa shape index (κ2) is 4.59. The Morgan fingerprint density at radius 3 is 2.84 bits per heavy atom. The molecule has 1 N–H and O–H groups in total. The van der Waals surface area contributed by atoms with Gasteiger partial charge in [-0.1, -0.05) is 26.8 Å². The molecule has 0 aliphatic heterocycles. The number of hydrogen-bond donors (Lipinski definition) is 1. The molecule has 2 heteroatoms. The highest BCUT2D eigenvalue weighted by molar-refractivity contribution is 5.13. The maximum Gasteiger partial charge on any atom is 0.0300 e. The molecule has 2 bridgehead atoms. The molecule has 0 radical (unpaired) electrons. The molecule has 1 heterocycles. The van der Waals surface area contributed by atoms with Crippen molar-refractivity contribution in [1.29, 1.82) is 0 Å². The van der Waals surface area contributed by atoms with Gasteiger partial charge in [-0.05, 0) is 60.6 Å². The maximum atomic E-state index is 4.19. The van der Waals surface area contributed by atoms with Crippen molar-refractivity contribution < 1.29 is 0 Å². The van der Waals surface area contributed by atoms with E-state index in [0.29, 0.717) is 16.9 Å². The standard InChI is InChI=1S/C17H26N2/c1-16(2)14-6-8-17(3,11-14)15(16)19-10-7-13-5-4-9-18-12-13/h4-5,9,12,14-15,19H,6-8,10-11H2,1-3H3. The van der Waals surface area contributed by atoms with Gasteiger partial charge in [0.05, 0.1) is 0 Å². The van der Waals surface area contributed by atoms with Gasteiger partial charge in [0.1, 0.15) is 0 Å². The van der Waals surface area contributed by atoms with Crippen LogP contribution in [0.5, 0.6) is 0 Å². The van der Waals surface area contributed by atoms with Crippen molar-refractivity contribution in [1.82, 2.24) is 10.3 Å². The molecule has 1 aromatic rings.